The predicted octanol–water partition coefficient (Wildman–Crippen LogP) is 2.52. The Kier molecular flexibility index (Phi) is 5.57. The van der Waals surface area contributed by atoms with Crippen molar-refractivity contribution in [3.8, 4) is 0 Å². The fourth-order valence-electron chi connectivity index (χ4n) is 1.96. The summed E-state index contributed by atoms with van der Waals surface area (Å²) in [5.41, 5.74) is 1.35. The minimum Gasteiger partial charge on any atom is -0.480 e. The summed E-state index contributed by atoms with van der Waals surface area (Å²) >= 11 is 1.15. The number of carbonyl (C=O) groups is 1. The van der Waals surface area contributed by atoms with Crippen LogP contribution in [0.2, 0.25) is 0 Å². The van der Waals surface area contributed by atoms with Crippen molar-refractivity contribution in [2.45, 2.75) is 36.9 Å². The van der Waals surface area contributed by atoms with Crippen LogP contribution in [0, 0.1) is 5.82 Å². The summed E-state index contributed by atoms with van der Waals surface area (Å²) in [6, 6.07) is 6.07. The summed E-state index contributed by atoms with van der Waals surface area (Å²) in [6.45, 7) is 2.02. The van der Waals surface area contributed by atoms with Crippen LogP contribution in [0.1, 0.15) is 24.6 Å². The van der Waals surface area contributed by atoms with Crippen LogP contribution in [0.5, 0.6) is 0 Å². The molecule has 0 aliphatic heterocycles. The van der Waals surface area contributed by atoms with E-state index in [4.69, 9.17) is 5.11 Å². The van der Waals surface area contributed by atoms with Crippen molar-refractivity contribution in [3.05, 3.63) is 47.5 Å². The smallest absolute Gasteiger partial charge is 0.317 e. The van der Waals surface area contributed by atoms with Gasteiger partial charge in [-0.25, -0.2) is 9.37 Å². The minimum atomic E-state index is -0.894. The molecule has 2 rings (SSSR count). The summed E-state index contributed by atoms with van der Waals surface area (Å²) in [4.78, 5) is 15.4. The van der Waals surface area contributed by atoms with Gasteiger partial charge in [0, 0.05) is 12.7 Å². The molecule has 1 aromatic heterocycles. The molecule has 22 heavy (non-hydrogen) atoms. The van der Waals surface area contributed by atoms with Gasteiger partial charge in [0.2, 0.25) is 0 Å². The number of carboxylic acid groups (broad SMARTS) is 1. The monoisotopic (exact) mass is 324 g/mol. The van der Waals surface area contributed by atoms with Gasteiger partial charge in [0.1, 0.15) is 11.1 Å². The van der Waals surface area contributed by atoms with Crippen LogP contribution in [0.4, 0.5) is 4.39 Å². The maximum absolute atomic E-state index is 12.9. The van der Waals surface area contributed by atoms with Gasteiger partial charge >= 0.3 is 5.97 Å². The summed E-state index contributed by atoms with van der Waals surface area (Å²) in [7, 11) is 0. The Morgan fingerprint density at radius 3 is 2.64 bits per heavy atom. The van der Waals surface area contributed by atoms with E-state index in [1.54, 1.807) is 29.8 Å². The van der Waals surface area contributed by atoms with Gasteiger partial charge in [-0.3, -0.25) is 4.79 Å². The molecular formula is C15H17FN2O3S. The van der Waals surface area contributed by atoms with E-state index in [2.05, 4.69) is 4.98 Å². The van der Waals surface area contributed by atoms with E-state index in [0.717, 1.165) is 17.3 Å². The van der Waals surface area contributed by atoms with E-state index in [-0.39, 0.29) is 12.4 Å². The highest BCUT2D eigenvalue weighted by Gasteiger charge is 2.20. The molecule has 0 spiro atoms. The molecule has 0 unspecified atom stereocenters. The lowest BCUT2D eigenvalue weighted by Crippen LogP contribution is -2.16. The van der Waals surface area contributed by atoms with Crippen LogP contribution in [-0.2, 0) is 17.9 Å². The molecule has 7 heteroatoms. The zero-order valence-corrected chi connectivity index (χ0v) is 12.9. The summed E-state index contributed by atoms with van der Waals surface area (Å²) in [5.74, 6) is -1.20. The number of aliphatic hydroxyl groups excluding tert-OH is 1. The van der Waals surface area contributed by atoms with Gasteiger partial charge in [0.15, 0.2) is 5.16 Å². The second kappa shape index (κ2) is 7.42. The molecule has 0 aliphatic carbocycles. The van der Waals surface area contributed by atoms with E-state index in [1.165, 1.54) is 12.1 Å². The lowest BCUT2D eigenvalue weighted by atomic mass is 10.2. The lowest BCUT2D eigenvalue weighted by molar-refractivity contribution is -0.136. The maximum Gasteiger partial charge on any atom is 0.317 e. The van der Waals surface area contributed by atoms with Crippen LogP contribution < -0.4 is 0 Å². The highest BCUT2D eigenvalue weighted by molar-refractivity contribution is 8.00. The molecule has 2 N–H and O–H groups in total. The van der Waals surface area contributed by atoms with Gasteiger partial charge in [0.25, 0.3) is 0 Å². The molecule has 0 saturated heterocycles. The fraction of sp³-hybridized carbons (Fsp3) is 0.333. The van der Waals surface area contributed by atoms with E-state index >= 15 is 0 Å². The van der Waals surface area contributed by atoms with Gasteiger partial charge in [0.05, 0.1) is 12.3 Å². The van der Waals surface area contributed by atoms with E-state index in [1.807, 2.05) is 0 Å². The number of hydrogen-bond acceptors (Lipinski definition) is 4. The number of carboxylic acids is 1. The fourth-order valence-corrected chi connectivity index (χ4v) is 2.90. The van der Waals surface area contributed by atoms with Crippen molar-refractivity contribution in [2.75, 3.05) is 0 Å². The zero-order valence-electron chi connectivity index (χ0n) is 12.1. The third-order valence-corrected chi connectivity index (χ3v) is 4.47. The van der Waals surface area contributed by atoms with Gasteiger partial charge in [-0.15, -0.1) is 0 Å². The first kappa shape index (κ1) is 16.5. The summed E-state index contributed by atoms with van der Waals surface area (Å²) < 4.78 is 14.7. The Hall–Kier alpha value is -1.86. The van der Waals surface area contributed by atoms with Crippen molar-refractivity contribution in [1.82, 2.24) is 9.55 Å². The number of nitrogens with zero attached hydrogens (tertiary/aromatic N) is 2. The minimum absolute atomic E-state index is 0.214. The number of halogens is 1. The molecule has 0 fully saturated rings. The van der Waals surface area contributed by atoms with Crippen LogP contribution in [0.25, 0.3) is 0 Å². The standard InChI is InChI=1S/C15H17FN2O3S/c1-2-13(14(20)21)22-15-17-12(9-19)8-18(15)7-10-3-5-11(16)6-4-10/h3-6,8,13,19H,2,7,9H2,1H3,(H,20,21)/t13-/m1/s1. The third-order valence-electron chi connectivity index (χ3n) is 3.11. The largest absolute Gasteiger partial charge is 0.480 e. The van der Waals surface area contributed by atoms with Crippen LogP contribution in [0.3, 0.4) is 0 Å². The third kappa shape index (κ3) is 4.08. The van der Waals surface area contributed by atoms with E-state index in [0.29, 0.717) is 23.8 Å². The highest BCUT2D eigenvalue weighted by atomic mass is 32.2. The molecule has 118 valence electrons. The number of thioether (sulfide) groups is 1. The second-order valence-electron chi connectivity index (χ2n) is 4.78. The molecule has 2 aromatic rings. The SMILES string of the molecule is CC[C@@H](Sc1nc(CO)cn1Cc1ccc(F)cc1)C(=O)O. The summed E-state index contributed by atoms with van der Waals surface area (Å²) in [5, 5.41) is 18.3. The van der Waals surface area contributed by atoms with Crippen molar-refractivity contribution in [1.29, 1.82) is 0 Å². The Bertz CT molecular complexity index is 643. The number of benzene rings is 1. The number of aromatic nitrogens is 2. The Morgan fingerprint density at radius 1 is 1.41 bits per heavy atom. The topological polar surface area (TPSA) is 75.4 Å². The molecule has 5 nitrogen and oxygen atoms in total. The number of rotatable bonds is 7. The first-order chi connectivity index (χ1) is 10.5. The number of hydrogen-bond donors (Lipinski definition) is 2. The molecule has 0 saturated carbocycles. The van der Waals surface area contributed by atoms with Gasteiger partial charge in [-0.05, 0) is 24.1 Å². The zero-order chi connectivity index (χ0) is 16.1. The van der Waals surface area contributed by atoms with Gasteiger partial charge < -0.3 is 14.8 Å². The first-order valence-corrected chi connectivity index (χ1v) is 7.72. The average Bonchev–Trinajstić information content (AvgIpc) is 2.88. The Balaban J connectivity index is 2.24. The molecule has 1 heterocycles. The van der Waals surface area contributed by atoms with Crippen LogP contribution in [-0.4, -0.2) is 31.0 Å². The van der Waals surface area contributed by atoms with Crippen LogP contribution >= 0.6 is 11.8 Å². The first-order valence-electron chi connectivity index (χ1n) is 6.84. The van der Waals surface area contributed by atoms with Gasteiger partial charge in [-0.1, -0.05) is 30.8 Å². The highest BCUT2D eigenvalue weighted by Crippen LogP contribution is 2.26. The quantitative estimate of drug-likeness (QED) is 0.766. The Labute approximate surface area is 131 Å². The van der Waals surface area contributed by atoms with Crippen molar-refractivity contribution in [2.24, 2.45) is 0 Å². The van der Waals surface area contributed by atoms with Crippen molar-refractivity contribution in [3.63, 3.8) is 0 Å². The van der Waals surface area contributed by atoms with E-state index in [9.17, 15) is 14.3 Å². The van der Waals surface area contributed by atoms with Crippen molar-refractivity contribution >= 4 is 17.7 Å². The molecular weight excluding hydrogens is 307 g/mol. The number of aliphatic hydroxyl groups is 1. The average molecular weight is 324 g/mol. The predicted molar refractivity (Wildman–Crippen MR) is 81.2 cm³/mol. The van der Waals surface area contributed by atoms with Gasteiger partial charge in [-0.2, -0.15) is 0 Å². The lowest BCUT2D eigenvalue weighted by Gasteiger charge is -2.11. The van der Waals surface area contributed by atoms with E-state index < -0.39 is 11.2 Å². The Morgan fingerprint density at radius 2 is 2.09 bits per heavy atom. The number of imidazole rings is 1. The van der Waals surface area contributed by atoms with Crippen molar-refractivity contribution < 1.29 is 19.4 Å². The molecule has 0 amide bonds. The maximum atomic E-state index is 12.9. The van der Waals surface area contributed by atoms with Crippen LogP contribution in [0.15, 0.2) is 35.6 Å². The molecule has 0 radical (unpaired) electrons. The molecule has 1 aromatic carbocycles. The molecule has 0 aliphatic rings. The molecule has 0 bridgehead atoms. The molecule has 1 atom stereocenters. The number of aliphatic carboxylic acids is 1. The summed E-state index contributed by atoms with van der Waals surface area (Å²) in [6.07, 6.45) is 2.15. The second-order valence-corrected chi connectivity index (χ2v) is 5.95. The normalized spacial score (nSPS) is 12.3.